The Labute approximate surface area is 155 Å². The zero-order valence-corrected chi connectivity index (χ0v) is 15.8. The summed E-state index contributed by atoms with van der Waals surface area (Å²) >= 11 is 0. The van der Waals surface area contributed by atoms with Crippen molar-refractivity contribution in [3.05, 3.63) is 53.0 Å². The van der Waals surface area contributed by atoms with Crippen LogP contribution in [-0.4, -0.2) is 22.9 Å². The molecule has 2 aliphatic heterocycles. The SMILES string of the molecule is CC(C)(C)c1ccc2c(c1)[C@H]1OCCC[C@H]1[C@H](C1C=C(O)C(O)=CC1)N2. The third-order valence-corrected chi connectivity index (χ3v) is 6.05. The van der Waals surface area contributed by atoms with Gasteiger partial charge in [-0.15, -0.1) is 0 Å². The van der Waals surface area contributed by atoms with Crippen molar-refractivity contribution in [1.82, 2.24) is 0 Å². The molecule has 4 atom stereocenters. The fourth-order valence-electron chi connectivity index (χ4n) is 4.56. The second kappa shape index (κ2) is 6.34. The summed E-state index contributed by atoms with van der Waals surface area (Å²) in [6, 6.07) is 6.88. The van der Waals surface area contributed by atoms with Crippen LogP contribution < -0.4 is 5.32 Å². The molecule has 1 saturated heterocycles. The summed E-state index contributed by atoms with van der Waals surface area (Å²) in [7, 11) is 0. The third-order valence-electron chi connectivity index (χ3n) is 6.05. The number of hydrogen-bond acceptors (Lipinski definition) is 4. The molecule has 1 unspecified atom stereocenters. The van der Waals surface area contributed by atoms with E-state index in [1.165, 1.54) is 11.1 Å². The van der Waals surface area contributed by atoms with E-state index in [1.54, 1.807) is 12.2 Å². The van der Waals surface area contributed by atoms with Gasteiger partial charge < -0.3 is 20.3 Å². The first-order valence-electron chi connectivity index (χ1n) is 9.67. The Morgan fingerprint density at radius 3 is 2.69 bits per heavy atom. The van der Waals surface area contributed by atoms with Crippen molar-refractivity contribution in [2.24, 2.45) is 11.8 Å². The van der Waals surface area contributed by atoms with Crippen LogP contribution >= 0.6 is 0 Å². The molecule has 4 heteroatoms. The number of allylic oxidation sites excluding steroid dienone is 1. The predicted molar refractivity (Wildman–Crippen MR) is 104 cm³/mol. The van der Waals surface area contributed by atoms with Crippen molar-refractivity contribution < 1.29 is 14.9 Å². The smallest absolute Gasteiger partial charge is 0.153 e. The summed E-state index contributed by atoms with van der Waals surface area (Å²) < 4.78 is 6.26. The van der Waals surface area contributed by atoms with Gasteiger partial charge in [-0.3, -0.25) is 0 Å². The third kappa shape index (κ3) is 3.01. The van der Waals surface area contributed by atoms with E-state index in [-0.39, 0.29) is 35.0 Å². The van der Waals surface area contributed by atoms with Crippen LogP contribution in [0.1, 0.15) is 57.3 Å². The molecule has 2 heterocycles. The molecule has 0 bridgehead atoms. The van der Waals surface area contributed by atoms with Gasteiger partial charge in [0.2, 0.25) is 0 Å². The van der Waals surface area contributed by atoms with Crippen molar-refractivity contribution in [1.29, 1.82) is 0 Å². The molecule has 0 saturated carbocycles. The highest BCUT2D eigenvalue weighted by Crippen LogP contribution is 2.47. The van der Waals surface area contributed by atoms with Gasteiger partial charge in [-0.05, 0) is 48.5 Å². The van der Waals surface area contributed by atoms with Crippen molar-refractivity contribution in [2.75, 3.05) is 11.9 Å². The number of nitrogens with one attached hydrogen (secondary N) is 1. The molecule has 4 nitrogen and oxygen atoms in total. The first-order valence-corrected chi connectivity index (χ1v) is 9.67. The highest BCUT2D eigenvalue weighted by Gasteiger charge is 2.42. The van der Waals surface area contributed by atoms with Crippen LogP contribution in [0.5, 0.6) is 0 Å². The van der Waals surface area contributed by atoms with Gasteiger partial charge in [0.1, 0.15) is 0 Å². The van der Waals surface area contributed by atoms with Crippen molar-refractivity contribution in [2.45, 2.75) is 57.6 Å². The molecule has 140 valence electrons. The quantitative estimate of drug-likeness (QED) is 0.652. The minimum atomic E-state index is -0.0104. The summed E-state index contributed by atoms with van der Waals surface area (Å²) in [6.07, 6.45) is 6.53. The predicted octanol–water partition coefficient (Wildman–Crippen LogP) is 5.15. The number of aliphatic hydroxyl groups excluding tert-OH is 2. The van der Waals surface area contributed by atoms with Gasteiger partial charge in [-0.25, -0.2) is 0 Å². The van der Waals surface area contributed by atoms with E-state index >= 15 is 0 Å². The van der Waals surface area contributed by atoms with Crippen LogP contribution in [0.3, 0.4) is 0 Å². The first-order chi connectivity index (χ1) is 12.3. The maximum atomic E-state index is 9.98. The van der Waals surface area contributed by atoms with Crippen LogP contribution in [-0.2, 0) is 10.2 Å². The van der Waals surface area contributed by atoms with Crippen LogP contribution in [0.25, 0.3) is 0 Å². The molecular weight excluding hydrogens is 326 g/mol. The Morgan fingerprint density at radius 2 is 1.96 bits per heavy atom. The highest BCUT2D eigenvalue weighted by molar-refractivity contribution is 5.58. The summed E-state index contributed by atoms with van der Waals surface area (Å²) in [5.74, 6) is 0.499. The maximum absolute atomic E-state index is 9.98. The zero-order valence-electron chi connectivity index (χ0n) is 15.8. The van der Waals surface area contributed by atoms with E-state index in [2.05, 4.69) is 44.3 Å². The van der Waals surface area contributed by atoms with Gasteiger partial charge in [-0.1, -0.05) is 32.9 Å². The minimum absolute atomic E-state index is 0.00907. The zero-order chi connectivity index (χ0) is 18.5. The van der Waals surface area contributed by atoms with E-state index in [1.807, 2.05) is 0 Å². The van der Waals surface area contributed by atoms with Gasteiger partial charge in [-0.2, -0.15) is 0 Å². The minimum Gasteiger partial charge on any atom is -0.504 e. The van der Waals surface area contributed by atoms with Gasteiger partial charge in [0.15, 0.2) is 11.5 Å². The number of fused-ring (bicyclic) bond motifs is 3. The standard InChI is InChI=1S/C22H29NO3/c1-22(2,3)14-7-8-17-16(12-14)21-15(5-4-10-26-21)20(23-17)13-6-9-18(24)19(25)11-13/h7-9,11-13,15,20-21,23-25H,4-6,10H2,1-3H3/t13?,15-,20-,21-/m0/s1. The molecule has 3 N–H and O–H groups in total. The lowest BCUT2D eigenvalue weighted by molar-refractivity contribution is -0.0420. The summed E-state index contributed by atoms with van der Waals surface area (Å²) in [5, 5.41) is 23.4. The number of rotatable bonds is 1. The first kappa shape index (κ1) is 17.5. The van der Waals surface area contributed by atoms with Crippen LogP contribution in [0, 0.1) is 11.8 Å². The number of hydrogen-bond donors (Lipinski definition) is 3. The normalized spacial score (nSPS) is 31.2. The Kier molecular flexibility index (Phi) is 4.26. The lowest BCUT2D eigenvalue weighted by Crippen LogP contribution is -2.45. The largest absolute Gasteiger partial charge is 0.504 e. The molecular formula is C22H29NO3. The van der Waals surface area contributed by atoms with E-state index in [9.17, 15) is 10.2 Å². The van der Waals surface area contributed by atoms with Gasteiger partial charge in [0.25, 0.3) is 0 Å². The van der Waals surface area contributed by atoms with E-state index in [0.29, 0.717) is 5.92 Å². The van der Waals surface area contributed by atoms with Crippen LogP contribution in [0.15, 0.2) is 41.9 Å². The van der Waals surface area contributed by atoms with Gasteiger partial charge in [0, 0.05) is 35.7 Å². The molecule has 0 radical (unpaired) electrons. The maximum Gasteiger partial charge on any atom is 0.153 e. The Bertz CT molecular complexity index is 759. The number of benzene rings is 1. The Hall–Kier alpha value is -1.94. The van der Waals surface area contributed by atoms with E-state index in [0.717, 1.165) is 31.6 Å². The van der Waals surface area contributed by atoms with Crippen molar-refractivity contribution in [3.63, 3.8) is 0 Å². The molecule has 1 aliphatic carbocycles. The fourth-order valence-corrected chi connectivity index (χ4v) is 4.56. The van der Waals surface area contributed by atoms with E-state index in [4.69, 9.17) is 4.74 Å². The molecule has 3 aliphatic rings. The number of aliphatic hydroxyl groups is 2. The number of ether oxygens (including phenoxy) is 1. The van der Waals surface area contributed by atoms with Gasteiger partial charge >= 0.3 is 0 Å². The Balaban J connectivity index is 1.70. The topological polar surface area (TPSA) is 61.7 Å². The Morgan fingerprint density at radius 1 is 1.15 bits per heavy atom. The average Bonchev–Trinajstić information content (AvgIpc) is 2.62. The van der Waals surface area contributed by atoms with E-state index < -0.39 is 0 Å². The van der Waals surface area contributed by atoms with Gasteiger partial charge in [0.05, 0.1) is 6.10 Å². The lowest BCUT2D eigenvalue weighted by Gasteiger charge is -2.46. The molecule has 4 rings (SSSR count). The molecule has 1 fully saturated rings. The second-order valence-corrected chi connectivity index (χ2v) is 8.86. The van der Waals surface area contributed by atoms with Crippen molar-refractivity contribution in [3.8, 4) is 0 Å². The monoisotopic (exact) mass is 355 g/mol. The molecule has 1 aromatic carbocycles. The number of anilines is 1. The molecule has 26 heavy (non-hydrogen) atoms. The lowest BCUT2D eigenvalue weighted by atomic mass is 9.72. The fraction of sp³-hybridized carbons (Fsp3) is 0.545. The van der Waals surface area contributed by atoms with Crippen LogP contribution in [0.2, 0.25) is 0 Å². The molecule has 0 aromatic heterocycles. The second-order valence-electron chi connectivity index (χ2n) is 8.86. The average molecular weight is 355 g/mol. The molecule has 1 aromatic rings. The summed E-state index contributed by atoms with van der Waals surface area (Å²) in [5.41, 5.74) is 3.84. The summed E-state index contributed by atoms with van der Waals surface area (Å²) in [4.78, 5) is 0. The highest BCUT2D eigenvalue weighted by atomic mass is 16.5. The van der Waals surface area contributed by atoms with Crippen molar-refractivity contribution >= 4 is 5.69 Å². The summed E-state index contributed by atoms with van der Waals surface area (Å²) in [6.45, 7) is 7.52. The molecule has 0 spiro atoms. The molecule has 0 amide bonds. The van der Waals surface area contributed by atoms with Crippen LogP contribution in [0.4, 0.5) is 5.69 Å².